The molecule has 0 saturated heterocycles. The van der Waals surface area contributed by atoms with Crippen LogP contribution in [0.15, 0.2) is 12.5 Å². The minimum Gasteiger partial charge on any atom is -0.480 e. The number of aliphatic carboxylic acids is 1. The molecule has 0 aliphatic rings. The van der Waals surface area contributed by atoms with Crippen molar-refractivity contribution in [3.63, 3.8) is 0 Å². The molecule has 4 unspecified atom stereocenters. The first kappa shape index (κ1) is 32.5. The van der Waals surface area contributed by atoms with Crippen molar-refractivity contribution in [2.45, 2.75) is 82.0 Å². The summed E-state index contributed by atoms with van der Waals surface area (Å²) in [5, 5.41) is 17.0. The van der Waals surface area contributed by atoms with E-state index in [0.29, 0.717) is 50.9 Å². The van der Waals surface area contributed by atoms with Gasteiger partial charge in [0, 0.05) is 24.7 Å². The number of carboxylic acids is 1. The van der Waals surface area contributed by atoms with Crippen molar-refractivity contribution in [2.75, 3.05) is 13.1 Å². The highest BCUT2D eigenvalue weighted by molar-refractivity contribution is 5.94. The summed E-state index contributed by atoms with van der Waals surface area (Å²) >= 11 is 0. The molecule has 0 saturated carbocycles. The average molecular weight is 540 g/mol. The minimum absolute atomic E-state index is 0.0423. The van der Waals surface area contributed by atoms with Crippen LogP contribution in [0.4, 0.5) is 0 Å². The number of rotatable bonds is 20. The van der Waals surface area contributed by atoms with Crippen LogP contribution in [0.25, 0.3) is 0 Å². The molecule has 4 atom stereocenters. The van der Waals surface area contributed by atoms with E-state index in [1.807, 2.05) is 0 Å². The number of hydrogen-bond donors (Lipinski definition) is 9. The van der Waals surface area contributed by atoms with E-state index in [4.69, 9.17) is 22.9 Å². The molecule has 1 heterocycles. The molecule has 0 radical (unpaired) electrons. The lowest BCUT2D eigenvalue weighted by Crippen LogP contribution is -2.57. The molecule has 1 aromatic rings. The van der Waals surface area contributed by atoms with Crippen LogP contribution in [-0.2, 0) is 30.4 Å². The maximum Gasteiger partial charge on any atom is 0.326 e. The second-order valence-corrected chi connectivity index (χ2v) is 8.98. The van der Waals surface area contributed by atoms with Gasteiger partial charge in [-0.25, -0.2) is 9.78 Å². The SMILES string of the molecule is NCCCCC(N)C(=O)NC(Cc1cnc[nH]1)C(=O)NC(CCCCN)C(=O)NC(CCC(N)=O)C(=O)O. The van der Waals surface area contributed by atoms with E-state index in [1.54, 1.807) is 0 Å². The predicted molar refractivity (Wildman–Crippen MR) is 138 cm³/mol. The van der Waals surface area contributed by atoms with Crippen molar-refractivity contribution in [3.05, 3.63) is 18.2 Å². The van der Waals surface area contributed by atoms with Crippen molar-refractivity contribution in [3.8, 4) is 0 Å². The van der Waals surface area contributed by atoms with E-state index in [9.17, 15) is 29.1 Å². The van der Waals surface area contributed by atoms with Crippen molar-refractivity contribution in [1.82, 2.24) is 25.9 Å². The van der Waals surface area contributed by atoms with Crippen LogP contribution < -0.4 is 38.9 Å². The molecule has 0 aliphatic carbocycles. The molecule has 38 heavy (non-hydrogen) atoms. The number of nitrogens with two attached hydrogens (primary N) is 4. The molecule has 15 heteroatoms. The van der Waals surface area contributed by atoms with Crippen LogP contribution in [0.3, 0.4) is 0 Å². The Hall–Kier alpha value is -3.56. The van der Waals surface area contributed by atoms with E-state index < -0.39 is 53.8 Å². The number of aromatic nitrogens is 2. The summed E-state index contributed by atoms with van der Waals surface area (Å²) in [6, 6.07) is -4.46. The number of nitrogens with zero attached hydrogens (tertiary/aromatic N) is 1. The smallest absolute Gasteiger partial charge is 0.326 e. The molecule has 0 spiro atoms. The van der Waals surface area contributed by atoms with Crippen LogP contribution in [-0.4, -0.2) is 81.9 Å². The van der Waals surface area contributed by atoms with Gasteiger partial charge in [0.15, 0.2) is 0 Å². The molecule has 15 nitrogen and oxygen atoms in total. The summed E-state index contributed by atoms with van der Waals surface area (Å²) in [6.45, 7) is 0.831. The van der Waals surface area contributed by atoms with Gasteiger partial charge in [-0.3, -0.25) is 19.2 Å². The van der Waals surface area contributed by atoms with E-state index in [1.165, 1.54) is 12.5 Å². The van der Waals surface area contributed by atoms with Crippen LogP contribution >= 0.6 is 0 Å². The van der Waals surface area contributed by atoms with Crippen molar-refractivity contribution < 1.29 is 29.1 Å². The van der Waals surface area contributed by atoms with E-state index in [-0.39, 0.29) is 25.7 Å². The lowest BCUT2D eigenvalue weighted by Gasteiger charge is -2.25. The second-order valence-electron chi connectivity index (χ2n) is 8.98. The Morgan fingerprint density at radius 1 is 0.842 bits per heavy atom. The number of imidazole rings is 1. The molecule has 1 aromatic heterocycles. The predicted octanol–water partition coefficient (Wildman–Crippen LogP) is -2.66. The number of unbranched alkanes of at least 4 members (excludes halogenated alkanes) is 2. The number of carbonyl (C=O) groups excluding carboxylic acids is 4. The number of carbonyl (C=O) groups is 5. The van der Waals surface area contributed by atoms with Crippen LogP contribution in [0.2, 0.25) is 0 Å². The molecule has 1 rings (SSSR count). The lowest BCUT2D eigenvalue weighted by molar-refractivity contribution is -0.142. The number of H-pyrrole nitrogens is 1. The molecule has 4 amide bonds. The van der Waals surface area contributed by atoms with Crippen LogP contribution in [0.5, 0.6) is 0 Å². The first-order valence-electron chi connectivity index (χ1n) is 12.6. The molecule has 13 N–H and O–H groups in total. The average Bonchev–Trinajstić information content (AvgIpc) is 3.38. The fourth-order valence-corrected chi connectivity index (χ4v) is 3.59. The van der Waals surface area contributed by atoms with Gasteiger partial charge in [-0.15, -0.1) is 0 Å². The topological polar surface area (TPSA) is 274 Å². The van der Waals surface area contributed by atoms with Gasteiger partial charge < -0.3 is 49.0 Å². The third-order valence-electron chi connectivity index (χ3n) is 5.79. The Morgan fingerprint density at radius 2 is 1.42 bits per heavy atom. The normalized spacial score (nSPS) is 14.1. The number of primary amides is 1. The Morgan fingerprint density at radius 3 is 1.97 bits per heavy atom. The highest BCUT2D eigenvalue weighted by Crippen LogP contribution is 2.07. The molecular formula is C23H41N9O6. The maximum absolute atomic E-state index is 13.3. The summed E-state index contributed by atoms with van der Waals surface area (Å²) in [4.78, 5) is 68.4. The van der Waals surface area contributed by atoms with Crippen LogP contribution in [0, 0.1) is 0 Å². The van der Waals surface area contributed by atoms with E-state index in [0.717, 1.165) is 0 Å². The van der Waals surface area contributed by atoms with Gasteiger partial charge in [0.05, 0.1) is 12.4 Å². The van der Waals surface area contributed by atoms with Gasteiger partial charge in [0.2, 0.25) is 23.6 Å². The molecular weight excluding hydrogens is 498 g/mol. The number of nitrogens with one attached hydrogen (secondary N) is 4. The molecule has 0 fully saturated rings. The highest BCUT2D eigenvalue weighted by atomic mass is 16.4. The summed E-state index contributed by atoms with van der Waals surface area (Å²) in [6.07, 6.45) is 5.44. The fourth-order valence-electron chi connectivity index (χ4n) is 3.59. The standard InChI is InChI=1S/C23H41N9O6/c24-9-3-1-5-15(26)20(34)32-18(11-14-12-28-13-29-14)22(36)30-16(6-2-4-10-25)21(35)31-17(23(37)38)7-8-19(27)33/h12-13,15-18H,1-11,24-26H2,(H2,27,33)(H,28,29)(H,30,36)(H,31,35)(H,32,34)(H,37,38). The zero-order valence-electron chi connectivity index (χ0n) is 21.5. The van der Waals surface area contributed by atoms with Gasteiger partial charge in [-0.1, -0.05) is 6.42 Å². The Kier molecular flexibility index (Phi) is 15.2. The number of carboxylic acid groups (broad SMARTS) is 1. The van der Waals surface area contributed by atoms with Crippen molar-refractivity contribution in [1.29, 1.82) is 0 Å². The van der Waals surface area contributed by atoms with Gasteiger partial charge in [-0.2, -0.15) is 0 Å². The molecule has 214 valence electrons. The first-order valence-corrected chi connectivity index (χ1v) is 12.6. The Balaban J connectivity index is 3.01. The summed E-state index contributed by atoms with van der Waals surface area (Å²) < 4.78 is 0. The minimum atomic E-state index is -1.38. The van der Waals surface area contributed by atoms with Gasteiger partial charge >= 0.3 is 5.97 Å². The Bertz CT molecular complexity index is 896. The summed E-state index contributed by atoms with van der Waals surface area (Å²) in [5.41, 5.74) is 22.7. The van der Waals surface area contributed by atoms with Gasteiger partial charge in [0.1, 0.15) is 18.1 Å². The lowest BCUT2D eigenvalue weighted by atomic mass is 10.0. The number of hydrogen-bond acceptors (Lipinski definition) is 9. The van der Waals surface area contributed by atoms with Crippen molar-refractivity contribution in [2.24, 2.45) is 22.9 Å². The molecule has 0 aromatic carbocycles. The third-order valence-corrected chi connectivity index (χ3v) is 5.79. The Labute approximate surface area is 221 Å². The highest BCUT2D eigenvalue weighted by Gasteiger charge is 2.30. The third kappa shape index (κ3) is 12.6. The van der Waals surface area contributed by atoms with E-state index >= 15 is 0 Å². The van der Waals surface area contributed by atoms with Crippen molar-refractivity contribution >= 4 is 29.6 Å². The van der Waals surface area contributed by atoms with Gasteiger partial charge in [0.25, 0.3) is 0 Å². The number of amides is 4. The first-order chi connectivity index (χ1) is 18.1. The fraction of sp³-hybridized carbons (Fsp3) is 0.652. The largest absolute Gasteiger partial charge is 0.480 e. The molecule has 0 bridgehead atoms. The zero-order valence-corrected chi connectivity index (χ0v) is 21.5. The zero-order chi connectivity index (χ0) is 28.5. The monoisotopic (exact) mass is 539 g/mol. The number of aromatic amines is 1. The quantitative estimate of drug-likeness (QED) is 0.0775. The molecule has 0 aliphatic heterocycles. The summed E-state index contributed by atoms with van der Waals surface area (Å²) in [7, 11) is 0. The second kappa shape index (κ2) is 17.8. The van der Waals surface area contributed by atoms with E-state index in [2.05, 4.69) is 25.9 Å². The summed E-state index contributed by atoms with van der Waals surface area (Å²) in [5.74, 6) is -4.02. The van der Waals surface area contributed by atoms with Gasteiger partial charge in [-0.05, 0) is 51.6 Å². The maximum atomic E-state index is 13.3. The van der Waals surface area contributed by atoms with Crippen LogP contribution in [0.1, 0.15) is 57.1 Å².